The lowest BCUT2D eigenvalue weighted by Crippen LogP contribution is -2.43. The lowest BCUT2D eigenvalue weighted by Gasteiger charge is -2.30. The zero-order chi connectivity index (χ0) is 17.3. The minimum atomic E-state index is 0.145. The summed E-state index contributed by atoms with van der Waals surface area (Å²) in [7, 11) is 0. The van der Waals surface area contributed by atoms with Crippen LogP contribution in [0.4, 0.5) is 11.4 Å². The summed E-state index contributed by atoms with van der Waals surface area (Å²) < 4.78 is 0. The smallest absolute Gasteiger partial charge is 0.233 e. The van der Waals surface area contributed by atoms with Crippen molar-refractivity contribution in [3.8, 4) is 0 Å². The Bertz CT molecular complexity index is 785. The summed E-state index contributed by atoms with van der Waals surface area (Å²) in [6.45, 7) is 8.21. The molecule has 1 aliphatic heterocycles. The van der Waals surface area contributed by atoms with Crippen molar-refractivity contribution in [2.24, 2.45) is 4.99 Å². The summed E-state index contributed by atoms with van der Waals surface area (Å²) in [6, 6.07) is 12.7. The summed E-state index contributed by atoms with van der Waals surface area (Å²) >= 11 is 1.46. The monoisotopic (exact) mass is 341 g/mol. The number of nitrogens with zero attached hydrogens (tertiary/aromatic N) is 2. The highest BCUT2D eigenvalue weighted by molar-refractivity contribution is 8.14. The van der Waals surface area contributed by atoms with Gasteiger partial charge in [0.15, 0.2) is 5.17 Å². The van der Waals surface area contributed by atoms with Crippen molar-refractivity contribution in [2.45, 2.75) is 39.8 Å². The van der Waals surface area contributed by atoms with Crippen LogP contribution in [0.1, 0.15) is 27.7 Å². The van der Waals surface area contributed by atoms with Crippen LogP contribution >= 0.6 is 11.8 Å². The number of amides is 1. The van der Waals surface area contributed by atoms with E-state index in [2.05, 4.69) is 56.2 Å². The van der Waals surface area contributed by atoms with Crippen molar-refractivity contribution in [1.29, 1.82) is 0 Å². The third-order valence-electron chi connectivity index (χ3n) is 4.08. The first-order valence-corrected chi connectivity index (χ1v) is 9.27. The molecule has 3 rings (SSSR count). The van der Waals surface area contributed by atoms with Crippen LogP contribution in [0.3, 0.4) is 0 Å². The van der Waals surface area contributed by atoms with E-state index in [0.29, 0.717) is 5.75 Å². The molecule has 0 radical (unpaired) electrons. The minimum Gasteiger partial charge on any atom is -0.337 e. The average molecular weight is 341 g/mol. The third-order valence-corrected chi connectivity index (χ3v) is 4.94. The van der Waals surface area contributed by atoms with E-state index in [1.54, 1.807) is 0 Å². The van der Waals surface area contributed by atoms with Gasteiger partial charge in [0, 0.05) is 17.5 Å². The van der Waals surface area contributed by atoms with Crippen molar-refractivity contribution < 1.29 is 4.79 Å². The molecule has 24 heavy (non-hydrogen) atoms. The molecule has 4 nitrogen and oxygen atoms in total. The molecule has 0 saturated carbocycles. The van der Waals surface area contributed by atoms with Crippen LogP contribution in [-0.4, -0.2) is 33.8 Å². The van der Waals surface area contributed by atoms with Crippen molar-refractivity contribution in [2.75, 3.05) is 11.1 Å². The Balaban J connectivity index is 1.77. The van der Waals surface area contributed by atoms with Gasteiger partial charge in [-0.3, -0.25) is 4.79 Å². The van der Waals surface area contributed by atoms with E-state index in [-0.39, 0.29) is 18.0 Å². The van der Waals surface area contributed by atoms with E-state index in [0.717, 1.165) is 21.9 Å². The highest BCUT2D eigenvalue weighted by Crippen LogP contribution is 2.36. The minimum absolute atomic E-state index is 0.145. The second-order valence-electron chi connectivity index (χ2n) is 6.50. The number of nitrogens with one attached hydrogen (secondary N) is 1. The number of aliphatic imine (C=N–C) groups is 1. The fourth-order valence-electron chi connectivity index (χ4n) is 3.22. The predicted molar refractivity (Wildman–Crippen MR) is 104 cm³/mol. The Morgan fingerprint density at radius 2 is 1.79 bits per heavy atom. The Hall–Kier alpha value is -2.01. The number of carbonyl (C=O) groups excluding carboxylic acids is 1. The number of amidine groups is 1. The van der Waals surface area contributed by atoms with Crippen LogP contribution in [0.2, 0.25) is 0 Å². The topological polar surface area (TPSA) is 44.7 Å². The molecule has 1 aliphatic rings. The number of thioether (sulfide) groups is 1. The van der Waals surface area contributed by atoms with Crippen LogP contribution < -0.4 is 5.32 Å². The molecule has 5 heteroatoms. The van der Waals surface area contributed by atoms with Crippen molar-refractivity contribution >= 4 is 45.0 Å². The fraction of sp³-hybridized carbons (Fsp3) is 0.368. The second-order valence-corrected chi connectivity index (χ2v) is 7.46. The normalized spacial score (nSPS) is 13.2. The Labute approximate surface area is 147 Å². The number of benzene rings is 2. The first-order valence-electron chi connectivity index (χ1n) is 8.29. The van der Waals surface area contributed by atoms with Crippen LogP contribution in [0.25, 0.3) is 10.8 Å². The van der Waals surface area contributed by atoms with Crippen molar-refractivity contribution in [1.82, 2.24) is 4.90 Å². The van der Waals surface area contributed by atoms with E-state index in [1.807, 2.05) is 23.1 Å². The summed E-state index contributed by atoms with van der Waals surface area (Å²) in [5.41, 5.74) is 2.01. The van der Waals surface area contributed by atoms with Crippen molar-refractivity contribution in [3.05, 3.63) is 36.4 Å². The number of hydrogen-bond donors (Lipinski definition) is 1. The largest absolute Gasteiger partial charge is 0.337 e. The zero-order valence-corrected chi connectivity index (χ0v) is 15.4. The highest BCUT2D eigenvalue weighted by Gasteiger charge is 2.21. The van der Waals surface area contributed by atoms with E-state index in [1.165, 1.54) is 17.1 Å². The molecule has 1 N–H and O–H groups in total. The molecule has 0 bridgehead atoms. The maximum atomic E-state index is 12.5. The SMILES string of the molecule is CC(C)N(C(=O)CSC1=Nc2cccc3cccc(c23)N1)C(C)C. The summed E-state index contributed by atoms with van der Waals surface area (Å²) in [6.07, 6.45) is 0. The second kappa shape index (κ2) is 6.85. The first kappa shape index (κ1) is 16.8. The van der Waals surface area contributed by atoms with Gasteiger partial charge < -0.3 is 10.2 Å². The van der Waals surface area contributed by atoms with Gasteiger partial charge in [0.1, 0.15) is 0 Å². The third kappa shape index (κ3) is 3.26. The fourth-order valence-corrected chi connectivity index (χ4v) is 3.97. The molecule has 0 fully saturated rings. The number of rotatable bonds is 4. The maximum absolute atomic E-state index is 12.5. The van der Waals surface area contributed by atoms with Gasteiger partial charge in [0.25, 0.3) is 0 Å². The zero-order valence-electron chi connectivity index (χ0n) is 14.5. The van der Waals surface area contributed by atoms with Crippen LogP contribution in [0.15, 0.2) is 41.4 Å². The van der Waals surface area contributed by atoms with Gasteiger partial charge in [0.2, 0.25) is 5.91 Å². The van der Waals surface area contributed by atoms with E-state index < -0.39 is 0 Å². The van der Waals surface area contributed by atoms with Gasteiger partial charge in [-0.25, -0.2) is 4.99 Å². The molecule has 1 amide bonds. The molecule has 1 heterocycles. The molecule has 2 aromatic rings. The Morgan fingerprint density at radius 1 is 1.12 bits per heavy atom. The Kier molecular flexibility index (Phi) is 4.81. The van der Waals surface area contributed by atoms with Gasteiger partial charge in [0.05, 0.1) is 17.1 Å². The quantitative estimate of drug-likeness (QED) is 0.882. The molecule has 126 valence electrons. The number of anilines is 1. The molecule has 0 aliphatic carbocycles. The number of hydrogen-bond acceptors (Lipinski definition) is 4. The van der Waals surface area contributed by atoms with Gasteiger partial charge in [-0.1, -0.05) is 36.0 Å². The van der Waals surface area contributed by atoms with Gasteiger partial charge >= 0.3 is 0 Å². The lowest BCUT2D eigenvalue weighted by molar-refractivity contribution is -0.131. The summed E-state index contributed by atoms with van der Waals surface area (Å²) in [5.74, 6) is 0.534. The first-order chi connectivity index (χ1) is 11.5. The molecule has 0 atom stereocenters. The molecule has 0 saturated heterocycles. The lowest BCUT2D eigenvalue weighted by atomic mass is 10.1. The molecule has 0 aromatic heterocycles. The Morgan fingerprint density at radius 3 is 2.46 bits per heavy atom. The van der Waals surface area contributed by atoms with Crippen LogP contribution in [0.5, 0.6) is 0 Å². The van der Waals surface area contributed by atoms with Crippen LogP contribution in [-0.2, 0) is 4.79 Å². The standard InChI is InChI=1S/C19H23N3OS/c1-12(2)22(13(3)4)17(23)11-24-19-20-15-9-5-7-14-8-6-10-16(21-19)18(14)15/h5-10,12-13H,11H2,1-4H3,(H,20,21). The van der Waals surface area contributed by atoms with E-state index in [9.17, 15) is 4.79 Å². The van der Waals surface area contributed by atoms with Crippen LogP contribution in [0, 0.1) is 0 Å². The maximum Gasteiger partial charge on any atom is 0.233 e. The van der Waals surface area contributed by atoms with Gasteiger partial charge in [-0.15, -0.1) is 0 Å². The number of carbonyl (C=O) groups is 1. The predicted octanol–water partition coefficient (Wildman–Crippen LogP) is 4.63. The van der Waals surface area contributed by atoms with E-state index >= 15 is 0 Å². The molecular weight excluding hydrogens is 318 g/mol. The summed E-state index contributed by atoms with van der Waals surface area (Å²) in [4.78, 5) is 19.1. The molecule has 0 unspecified atom stereocenters. The van der Waals surface area contributed by atoms with E-state index in [4.69, 9.17) is 0 Å². The highest BCUT2D eigenvalue weighted by atomic mass is 32.2. The molecular formula is C19H23N3OS. The van der Waals surface area contributed by atoms with Gasteiger partial charge in [-0.05, 0) is 45.2 Å². The van der Waals surface area contributed by atoms with Gasteiger partial charge in [-0.2, -0.15) is 0 Å². The average Bonchev–Trinajstić information content (AvgIpc) is 2.53. The molecule has 0 spiro atoms. The molecule has 2 aromatic carbocycles. The summed E-state index contributed by atoms with van der Waals surface area (Å²) in [5, 5.41) is 6.45. The van der Waals surface area contributed by atoms with Crippen molar-refractivity contribution in [3.63, 3.8) is 0 Å².